The van der Waals surface area contributed by atoms with Gasteiger partial charge in [-0.15, -0.1) is 0 Å². The van der Waals surface area contributed by atoms with E-state index in [1.54, 1.807) is 24.3 Å². The largest absolute Gasteiger partial charge is 0.497 e. The van der Waals surface area contributed by atoms with Gasteiger partial charge in [0.1, 0.15) is 17.3 Å². The standard InChI is InChI=1S/C19H15ClF3NO3/c1-27-13-4-2-10(3-5-13)14-7-12(25)8-16(26)17(14)18-15(20)6-11(9-24-18)19(21,22)23/h2-6,9,14,17H,7-8H2,1H3/t14-,17-/m0/s1. The number of carbonyl (C=O) groups excluding carboxylic acids is 2. The van der Waals surface area contributed by atoms with E-state index in [0.29, 0.717) is 17.5 Å². The van der Waals surface area contributed by atoms with Crippen molar-refractivity contribution >= 4 is 23.2 Å². The quantitative estimate of drug-likeness (QED) is 0.712. The van der Waals surface area contributed by atoms with E-state index in [0.717, 1.165) is 6.07 Å². The summed E-state index contributed by atoms with van der Waals surface area (Å²) in [7, 11) is 1.51. The lowest BCUT2D eigenvalue weighted by molar-refractivity contribution is -0.137. The van der Waals surface area contributed by atoms with Crippen LogP contribution in [-0.4, -0.2) is 23.7 Å². The molecular formula is C19H15ClF3NO3. The zero-order valence-electron chi connectivity index (χ0n) is 14.2. The molecule has 1 heterocycles. The monoisotopic (exact) mass is 397 g/mol. The van der Waals surface area contributed by atoms with Crippen molar-refractivity contribution in [3.8, 4) is 5.75 Å². The Bertz CT molecular complexity index is 881. The number of methoxy groups -OCH3 is 1. The number of pyridine rings is 1. The number of benzene rings is 1. The molecule has 2 aromatic rings. The molecule has 0 unspecified atom stereocenters. The molecule has 1 fully saturated rings. The Labute approximate surface area is 158 Å². The van der Waals surface area contributed by atoms with Gasteiger partial charge >= 0.3 is 6.18 Å². The van der Waals surface area contributed by atoms with E-state index >= 15 is 0 Å². The molecule has 1 saturated carbocycles. The number of carbonyl (C=O) groups is 2. The summed E-state index contributed by atoms with van der Waals surface area (Å²) >= 11 is 6.05. The number of hydrogen-bond donors (Lipinski definition) is 0. The van der Waals surface area contributed by atoms with Crippen molar-refractivity contribution in [3.63, 3.8) is 0 Å². The summed E-state index contributed by atoms with van der Waals surface area (Å²) in [6.07, 6.45) is -4.12. The van der Waals surface area contributed by atoms with Gasteiger partial charge in [-0.1, -0.05) is 23.7 Å². The van der Waals surface area contributed by atoms with E-state index in [-0.39, 0.29) is 29.3 Å². The lowest BCUT2D eigenvalue weighted by atomic mass is 9.72. The highest BCUT2D eigenvalue weighted by Gasteiger charge is 2.40. The van der Waals surface area contributed by atoms with E-state index in [1.165, 1.54) is 7.11 Å². The van der Waals surface area contributed by atoms with Crippen molar-refractivity contribution in [1.82, 2.24) is 4.98 Å². The summed E-state index contributed by atoms with van der Waals surface area (Å²) in [6.45, 7) is 0. The molecule has 27 heavy (non-hydrogen) atoms. The fraction of sp³-hybridized carbons (Fsp3) is 0.316. The van der Waals surface area contributed by atoms with Gasteiger partial charge in [0.25, 0.3) is 0 Å². The maximum Gasteiger partial charge on any atom is 0.417 e. The molecule has 0 N–H and O–H groups in total. The number of rotatable bonds is 3. The predicted octanol–water partition coefficient (Wildman–Crippen LogP) is 4.56. The third-order valence-corrected chi connectivity index (χ3v) is 4.91. The zero-order valence-corrected chi connectivity index (χ0v) is 15.0. The van der Waals surface area contributed by atoms with Gasteiger partial charge in [-0.05, 0) is 23.8 Å². The molecule has 1 aromatic heterocycles. The van der Waals surface area contributed by atoms with Gasteiger partial charge in [-0.3, -0.25) is 14.6 Å². The predicted molar refractivity (Wildman–Crippen MR) is 92.0 cm³/mol. The van der Waals surface area contributed by atoms with Gasteiger partial charge in [0.05, 0.1) is 35.7 Å². The minimum atomic E-state index is -4.59. The molecule has 1 aliphatic carbocycles. The van der Waals surface area contributed by atoms with Crippen LogP contribution >= 0.6 is 11.6 Å². The average molecular weight is 398 g/mol. The molecule has 1 aromatic carbocycles. The van der Waals surface area contributed by atoms with Crippen LogP contribution in [0.4, 0.5) is 13.2 Å². The second kappa shape index (κ2) is 7.31. The third kappa shape index (κ3) is 3.98. The molecule has 0 aliphatic heterocycles. The van der Waals surface area contributed by atoms with Crippen molar-refractivity contribution in [2.24, 2.45) is 0 Å². The fourth-order valence-electron chi connectivity index (χ4n) is 3.30. The molecule has 2 atom stereocenters. The first kappa shape index (κ1) is 19.4. The summed E-state index contributed by atoms with van der Waals surface area (Å²) in [5.74, 6) is -1.45. The van der Waals surface area contributed by atoms with Gasteiger partial charge in [0, 0.05) is 18.5 Å². The SMILES string of the molecule is COc1ccc([C@@H]2CC(=O)CC(=O)[C@H]2c2ncc(C(F)(F)F)cc2Cl)cc1. The van der Waals surface area contributed by atoms with Gasteiger partial charge in [0.15, 0.2) is 0 Å². The zero-order chi connectivity index (χ0) is 19.8. The van der Waals surface area contributed by atoms with Crippen LogP contribution in [0.5, 0.6) is 5.75 Å². The van der Waals surface area contributed by atoms with Crippen molar-refractivity contribution < 1.29 is 27.5 Å². The van der Waals surface area contributed by atoms with Crippen LogP contribution in [0.2, 0.25) is 5.02 Å². The number of Topliss-reactive ketones (excluding diaryl/α,β-unsaturated/α-hetero) is 2. The number of aromatic nitrogens is 1. The Hall–Kier alpha value is -2.41. The van der Waals surface area contributed by atoms with Gasteiger partial charge in [0.2, 0.25) is 0 Å². The van der Waals surface area contributed by atoms with E-state index in [1.807, 2.05) is 0 Å². The highest BCUT2D eigenvalue weighted by Crippen LogP contribution is 2.43. The Balaban J connectivity index is 2.04. The second-order valence-electron chi connectivity index (χ2n) is 6.33. The third-order valence-electron chi connectivity index (χ3n) is 4.60. The summed E-state index contributed by atoms with van der Waals surface area (Å²) in [5.41, 5.74) is -0.237. The van der Waals surface area contributed by atoms with Crippen LogP contribution in [0.3, 0.4) is 0 Å². The maximum atomic E-state index is 12.9. The van der Waals surface area contributed by atoms with Gasteiger partial charge in [-0.2, -0.15) is 13.2 Å². The molecule has 0 bridgehead atoms. The van der Waals surface area contributed by atoms with Crippen molar-refractivity contribution in [2.45, 2.75) is 30.9 Å². The topological polar surface area (TPSA) is 56.3 Å². The van der Waals surface area contributed by atoms with Crippen LogP contribution in [-0.2, 0) is 15.8 Å². The Kier molecular flexibility index (Phi) is 5.24. The number of hydrogen-bond acceptors (Lipinski definition) is 4. The minimum absolute atomic E-state index is 0.0583. The smallest absolute Gasteiger partial charge is 0.417 e. The van der Waals surface area contributed by atoms with Crippen LogP contribution < -0.4 is 4.74 Å². The molecule has 8 heteroatoms. The first-order valence-corrected chi connectivity index (χ1v) is 8.49. The first-order valence-electron chi connectivity index (χ1n) is 8.11. The first-order chi connectivity index (χ1) is 12.7. The number of halogens is 4. The van der Waals surface area contributed by atoms with Crippen molar-refractivity contribution in [3.05, 3.63) is 58.4 Å². The molecule has 0 amide bonds. The van der Waals surface area contributed by atoms with E-state index in [2.05, 4.69) is 4.98 Å². The Morgan fingerprint density at radius 2 is 1.85 bits per heavy atom. The van der Waals surface area contributed by atoms with Crippen molar-refractivity contribution in [1.29, 1.82) is 0 Å². The summed E-state index contributed by atoms with van der Waals surface area (Å²) < 4.78 is 43.7. The van der Waals surface area contributed by atoms with Crippen LogP contribution in [0.25, 0.3) is 0 Å². The minimum Gasteiger partial charge on any atom is -0.497 e. The van der Waals surface area contributed by atoms with Crippen LogP contribution in [0.15, 0.2) is 36.5 Å². The number of ketones is 2. The summed E-state index contributed by atoms with van der Waals surface area (Å²) in [6, 6.07) is 7.59. The summed E-state index contributed by atoms with van der Waals surface area (Å²) in [4.78, 5) is 28.4. The van der Waals surface area contributed by atoms with Gasteiger partial charge < -0.3 is 4.74 Å². The summed E-state index contributed by atoms with van der Waals surface area (Å²) in [5, 5.41) is -0.240. The normalized spacial score (nSPS) is 20.6. The van der Waals surface area contributed by atoms with E-state index in [4.69, 9.17) is 16.3 Å². The van der Waals surface area contributed by atoms with E-state index < -0.39 is 29.4 Å². The Morgan fingerprint density at radius 1 is 1.19 bits per heavy atom. The maximum absolute atomic E-state index is 12.9. The van der Waals surface area contributed by atoms with Crippen LogP contribution in [0, 0.1) is 0 Å². The highest BCUT2D eigenvalue weighted by atomic mass is 35.5. The molecule has 0 radical (unpaired) electrons. The van der Waals surface area contributed by atoms with Crippen LogP contribution in [0.1, 0.15) is 41.5 Å². The molecule has 0 spiro atoms. The molecule has 1 aliphatic rings. The molecule has 142 valence electrons. The Morgan fingerprint density at radius 3 is 2.41 bits per heavy atom. The number of alkyl halides is 3. The molecular weight excluding hydrogens is 383 g/mol. The molecule has 0 saturated heterocycles. The van der Waals surface area contributed by atoms with E-state index in [9.17, 15) is 22.8 Å². The molecule has 3 rings (SSSR count). The lowest BCUT2D eigenvalue weighted by Gasteiger charge is -2.30. The average Bonchev–Trinajstić information content (AvgIpc) is 2.61. The van der Waals surface area contributed by atoms with Gasteiger partial charge in [-0.25, -0.2) is 0 Å². The lowest BCUT2D eigenvalue weighted by Crippen LogP contribution is -2.31. The second-order valence-corrected chi connectivity index (χ2v) is 6.74. The highest BCUT2D eigenvalue weighted by molar-refractivity contribution is 6.31. The fourth-order valence-corrected chi connectivity index (χ4v) is 3.58. The van der Waals surface area contributed by atoms with Crippen molar-refractivity contribution in [2.75, 3.05) is 7.11 Å². The number of ether oxygens (including phenoxy) is 1. The number of nitrogens with zero attached hydrogens (tertiary/aromatic N) is 1. The molecule has 4 nitrogen and oxygen atoms in total.